The maximum atomic E-state index is 13.2. The minimum atomic E-state index is -0.478. The van der Waals surface area contributed by atoms with Crippen molar-refractivity contribution in [2.75, 3.05) is 20.8 Å². The van der Waals surface area contributed by atoms with Crippen molar-refractivity contribution < 1.29 is 13.9 Å². The summed E-state index contributed by atoms with van der Waals surface area (Å²) < 4.78 is 23.7. The number of hydrogen-bond acceptors (Lipinski definition) is 3. The van der Waals surface area contributed by atoms with Gasteiger partial charge in [0, 0.05) is 6.04 Å². The summed E-state index contributed by atoms with van der Waals surface area (Å²) in [7, 11) is 3.17. The van der Waals surface area contributed by atoms with Gasteiger partial charge in [-0.3, -0.25) is 0 Å². The van der Waals surface area contributed by atoms with Crippen molar-refractivity contribution in [3.8, 4) is 11.5 Å². The average molecular weight is 253 g/mol. The Morgan fingerprint density at radius 1 is 1.22 bits per heavy atom. The fraction of sp³-hybridized carbons (Fsp3) is 0.571. The van der Waals surface area contributed by atoms with Crippen LogP contribution in [0.5, 0.6) is 11.5 Å². The molecule has 0 aliphatic carbocycles. The second-order valence-electron chi connectivity index (χ2n) is 4.54. The van der Waals surface area contributed by atoms with E-state index in [1.165, 1.54) is 12.8 Å². The van der Waals surface area contributed by atoms with Gasteiger partial charge in [-0.15, -0.1) is 0 Å². The number of nitrogens with one attached hydrogen (secondary N) is 1. The third-order valence-electron chi connectivity index (χ3n) is 3.48. The molecule has 3 nitrogen and oxygen atoms in total. The van der Waals surface area contributed by atoms with Crippen LogP contribution in [0.3, 0.4) is 0 Å². The number of halogens is 1. The van der Waals surface area contributed by atoms with Gasteiger partial charge in [-0.2, -0.15) is 0 Å². The Labute approximate surface area is 107 Å². The summed E-state index contributed by atoms with van der Waals surface area (Å²) in [5, 5.41) is 3.44. The van der Waals surface area contributed by atoms with Gasteiger partial charge in [0.15, 0.2) is 11.5 Å². The van der Waals surface area contributed by atoms with Crippen LogP contribution in [0.1, 0.15) is 36.4 Å². The van der Waals surface area contributed by atoms with Crippen LogP contribution < -0.4 is 14.8 Å². The molecule has 0 amide bonds. The molecule has 1 aliphatic rings. The summed E-state index contributed by atoms with van der Waals surface area (Å²) in [6.45, 7) is 0.513. The van der Waals surface area contributed by atoms with E-state index in [0.29, 0.717) is 17.1 Å². The van der Waals surface area contributed by atoms with Crippen molar-refractivity contribution in [2.24, 2.45) is 0 Å². The predicted octanol–water partition coefficient (Wildman–Crippen LogP) is 2.99. The zero-order valence-corrected chi connectivity index (χ0v) is 11.0. The standard InChI is InChI=1S/C14H20FNO2/c1-17-13-7-10(9-15)11(8-14(13)18-2)12-5-3-4-6-16-12/h7-8,12,16H,3-6,9H2,1-2H3. The summed E-state index contributed by atoms with van der Waals surface area (Å²) in [6.07, 6.45) is 3.41. The number of piperidine rings is 1. The van der Waals surface area contributed by atoms with E-state index in [1.54, 1.807) is 20.3 Å². The van der Waals surface area contributed by atoms with Crippen LogP contribution in [0.2, 0.25) is 0 Å². The fourth-order valence-electron chi connectivity index (χ4n) is 2.49. The fourth-order valence-corrected chi connectivity index (χ4v) is 2.49. The van der Waals surface area contributed by atoms with E-state index in [0.717, 1.165) is 18.5 Å². The summed E-state index contributed by atoms with van der Waals surface area (Å²) in [6, 6.07) is 3.87. The Morgan fingerprint density at radius 2 is 1.94 bits per heavy atom. The molecule has 1 aromatic carbocycles. The molecule has 18 heavy (non-hydrogen) atoms. The lowest BCUT2D eigenvalue weighted by molar-refractivity contribution is 0.349. The first kappa shape index (κ1) is 13.1. The van der Waals surface area contributed by atoms with Crippen LogP contribution in [-0.2, 0) is 6.67 Å². The second kappa shape index (κ2) is 6.05. The van der Waals surface area contributed by atoms with Crippen LogP contribution in [-0.4, -0.2) is 20.8 Å². The topological polar surface area (TPSA) is 30.5 Å². The van der Waals surface area contributed by atoms with Gasteiger partial charge in [0.1, 0.15) is 6.67 Å². The molecule has 2 rings (SSSR count). The first-order valence-electron chi connectivity index (χ1n) is 6.34. The second-order valence-corrected chi connectivity index (χ2v) is 4.54. The molecule has 0 saturated carbocycles. The van der Waals surface area contributed by atoms with Gasteiger partial charge in [0.25, 0.3) is 0 Å². The first-order valence-corrected chi connectivity index (χ1v) is 6.34. The van der Waals surface area contributed by atoms with Crippen LogP contribution in [0.4, 0.5) is 4.39 Å². The van der Waals surface area contributed by atoms with Crippen molar-refractivity contribution >= 4 is 0 Å². The molecule has 0 aromatic heterocycles. The van der Waals surface area contributed by atoms with Crippen molar-refractivity contribution in [3.63, 3.8) is 0 Å². The van der Waals surface area contributed by atoms with E-state index in [9.17, 15) is 4.39 Å². The zero-order valence-electron chi connectivity index (χ0n) is 11.0. The van der Waals surface area contributed by atoms with Gasteiger partial charge in [0.05, 0.1) is 14.2 Å². The van der Waals surface area contributed by atoms with E-state index in [1.807, 2.05) is 6.07 Å². The Balaban J connectivity index is 2.37. The normalized spacial score (nSPS) is 19.6. The maximum Gasteiger partial charge on any atom is 0.161 e. The Morgan fingerprint density at radius 3 is 2.50 bits per heavy atom. The molecule has 1 saturated heterocycles. The number of alkyl halides is 1. The van der Waals surface area contributed by atoms with Gasteiger partial charge in [0.2, 0.25) is 0 Å². The van der Waals surface area contributed by atoms with E-state index < -0.39 is 6.67 Å². The molecule has 4 heteroatoms. The van der Waals surface area contributed by atoms with Crippen molar-refractivity contribution in [1.29, 1.82) is 0 Å². The van der Waals surface area contributed by atoms with Crippen LogP contribution in [0.25, 0.3) is 0 Å². The largest absolute Gasteiger partial charge is 0.493 e. The van der Waals surface area contributed by atoms with Crippen LogP contribution in [0.15, 0.2) is 12.1 Å². The smallest absolute Gasteiger partial charge is 0.161 e. The molecule has 0 bridgehead atoms. The molecular weight excluding hydrogens is 233 g/mol. The summed E-state index contributed by atoms with van der Waals surface area (Å²) in [5.74, 6) is 1.25. The molecule has 0 spiro atoms. The molecule has 1 fully saturated rings. The lowest BCUT2D eigenvalue weighted by Gasteiger charge is -2.26. The van der Waals surface area contributed by atoms with Gasteiger partial charge in [-0.1, -0.05) is 6.42 Å². The van der Waals surface area contributed by atoms with Gasteiger partial charge >= 0.3 is 0 Å². The number of hydrogen-bond donors (Lipinski definition) is 1. The molecule has 1 N–H and O–H groups in total. The highest BCUT2D eigenvalue weighted by Crippen LogP contribution is 2.35. The number of ether oxygens (including phenoxy) is 2. The Kier molecular flexibility index (Phi) is 4.42. The van der Waals surface area contributed by atoms with E-state index >= 15 is 0 Å². The highest BCUT2D eigenvalue weighted by atomic mass is 19.1. The number of benzene rings is 1. The summed E-state index contributed by atoms with van der Waals surface area (Å²) >= 11 is 0. The third kappa shape index (κ3) is 2.58. The summed E-state index contributed by atoms with van der Waals surface area (Å²) in [5.41, 5.74) is 1.68. The zero-order chi connectivity index (χ0) is 13.0. The summed E-state index contributed by atoms with van der Waals surface area (Å²) in [4.78, 5) is 0. The molecule has 1 aliphatic heterocycles. The predicted molar refractivity (Wildman–Crippen MR) is 69.0 cm³/mol. The molecule has 1 aromatic rings. The average Bonchev–Trinajstić information content (AvgIpc) is 2.46. The van der Waals surface area contributed by atoms with Gasteiger partial charge < -0.3 is 14.8 Å². The SMILES string of the molecule is COc1cc(CF)c(C2CCCCN2)cc1OC. The van der Waals surface area contributed by atoms with Crippen molar-refractivity contribution in [2.45, 2.75) is 32.0 Å². The van der Waals surface area contributed by atoms with Crippen molar-refractivity contribution in [3.05, 3.63) is 23.3 Å². The Hall–Kier alpha value is -1.29. The lowest BCUT2D eigenvalue weighted by Crippen LogP contribution is -2.27. The molecule has 1 atom stereocenters. The van der Waals surface area contributed by atoms with Gasteiger partial charge in [-0.05, 0) is 42.6 Å². The van der Waals surface area contributed by atoms with Gasteiger partial charge in [-0.25, -0.2) is 4.39 Å². The monoisotopic (exact) mass is 253 g/mol. The lowest BCUT2D eigenvalue weighted by atomic mass is 9.93. The third-order valence-corrected chi connectivity index (χ3v) is 3.48. The highest BCUT2D eigenvalue weighted by molar-refractivity contribution is 5.48. The molecule has 1 heterocycles. The first-order chi connectivity index (χ1) is 8.80. The molecule has 1 unspecified atom stereocenters. The highest BCUT2D eigenvalue weighted by Gasteiger charge is 2.20. The molecule has 0 radical (unpaired) electrons. The van der Waals surface area contributed by atoms with Crippen molar-refractivity contribution in [1.82, 2.24) is 5.32 Å². The molecular formula is C14H20FNO2. The minimum Gasteiger partial charge on any atom is -0.493 e. The van der Waals surface area contributed by atoms with Crippen LogP contribution >= 0.6 is 0 Å². The minimum absolute atomic E-state index is 0.226. The van der Waals surface area contributed by atoms with E-state index in [2.05, 4.69) is 5.32 Å². The number of methoxy groups -OCH3 is 2. The maximum absolute atomic E-state index is 13.2. The van der Waals surface area contributed by atoms with E-state index in [-0.39, 0.29) is 6.04 Å². The Bertz CT molecular complexity index is 403. The number of rotatable bonds is 4. The van der Waals surface area contributed by atoms with Crippen LogP contribution in [0, 0.1) is 0 Å². The quantitative estimate of drug-likeness (QED) is 0.894. The molecule has 100 valence electrons. The van der Waals surface area contributed by atoms with E-state index in [4.69, 9.17) is 9.47 Å².